The second kappa shape index (κ2) is 7.97. The minimum atomic E-state index is -0.545. The molecule has 0 spiro atoms. The van der Waals surface area contributed by atoms with Crippen LogP contribution in [0.1, 0.15) is 53.2 Å². The van der Waals surface area contributed by atoms with E-state index in [1.165, 1.54) is 6.33 Å². The first-order valence-electron chi connectivity index (χ1n) is 8.95. The molecule has 0 aliphatic carbocycles. The molecule has 0 saturated carbocycles. The monoisotopic (exact) mass is 352 g/mol. The average molecular weight is 352 g/mol. The molecule has 1 N–H and O–H groups in total. The van der Waals surface area contributed by atoms with Crippen molar-refractivity contribution in [3.63, 3.8) is 0 Å². The van der Waals surface area contributed by atoms with E-state index in [1.807, 2.05) is 32.6 Å². The first kappa shape index (κ1) is 19.4. The molecule has 6 nitrogen and oxygen atoms in total. The number of aryl methyl sites for hydroxylation is 1. The summed E-state index contributed by atoms with van der Waals surface area (Å²) in [4.78, 5) is 22.1. The summed E-state index contributed by atoms with van der Waals surface area (Å²) in [7, 11) is 0. The van der Waals surface area contributed by atoms with E-state index >= 15 is 0 Å². The van der Waals surface area contributed by atoms with Gasteiger partial charge in [0.1, 0.15) is 11.9 Å². The number of carbonyl (C=O) groups excluding carboxylic acids is 1. The molecule has 2 unspecified atom stereocenters. The molecular weight excluding hydrogens is 323 g/mol. The van der Waals surface area contributed by atoms with Crippen LogP contribution in [0.4, 0.5) is 15.0 Å². The van der Waals surface area contributed by atoms with Gasteiger partial charge < -0.3 is 15.0 Å². The largest absolute Gasteiger partial charge is 0.444 e. The molecule has 1 amide bonds. The molecule has 0 bridgehead atoms. The van der Waals surface area contributed by atoms with Gasteiger partial charge in [-0.1, -0.05) is 13.8 Å². The molecule has 1 saturated heterocycles. The number of ether oxygens (including phenoxy) is 1. The second-order valence-corrected chi connectivity index (χ2v) is 7.57. The van der Waals surface area contributed by atoms with Crippen molar-refractivity contribution in [3.8, 4) is 0 Å². The maximum Gasteiger partial charge on any atom is 0.407 e. The van der Waals surface area contributed by atoms with Gasteiger partial charge in [-0.25, -0.2) is 19.2 Å². The lowest BCUT2D eigenvalue weighted by molar-refractivity contribution is 0.0519. The van der Waals surface area contributed by atoms with Crippen molar-refractivity contribution < 1.29 is 13.9 Å². The Morgan fingerprint density at radius 3 is 2.80 bits per heavy atom. The summed E-state index contributed by atoms with van der Waals surface area (Å²) in [5, 5.41) is 2.82. The van der Waals surface area contributed by atoms with Crippen molar-refractivity contribution in [2.75, 3.05) is 18.0 Å². The van der Waals surface area contributed by atoms with Gasteiger partial charge in [0.25, 0.3) is 0 Å². The summed E-state index contributed by atoms with van der Waals surface area (Å²) >= 11 is 0. The van der Waals surface area contributed by atoms with E-state index in [4.69, 9.17) is 4.74 Å². The topological polar surface area (TPSA) is 67.4 Å². The van der Waals surface area contributed by atoms with Crippen molar-refractivity contribution in [1.82, 2.24) is 15.3 Å². The van der Waals surface area contributed by atoms with E-state index in [9.17, 15) is 9.18 Å². The van der Waals surface area contributed by atoms with Crippen LogP contribution in [0.25, 0.3) is 0 Å². The molecule has 1 fully saturated rings. The number of hydrogen-bond donors (Lipinski definition) is 1. The van der Waals surface area contributed by atoms with Gasteiger partial charge in [0.05, 0.1) is 11.7 Å². The van der Waals surface area contributed by atoms with Gasteiger partial charge >= 0.3 is 6.09 Å². The van der Waals surface area contributed by atoms with Crippen LogP contribution in [0.5, 0.6) is 0 Å². The van der Waals surface area contributed by atoms with Gasteiger partial charge in [-0.2, -0.15) is 0 Å². The Morgan fingerprint density at radius 1 is 1.44 bits per heavy atom. The average Bonchev–Trinajstić information content (AvgIpc) is 2.52. The molecule has 140 valence electrons. The summed E-state index contributed by atoms with van der Waals surface area (Å²) in [6.07, 6.45) is 3.47. The Balaban J connectivity index is 2.15. The van der Waals surface area contributed by atoms with Crippen LogP contribution in [0.15, 0.2) is 6.33 Å². The lowest BCUT2D eigenvalue weighted by atomic mass is 9.90. The van der Waals surface area contributed by atoms with Gasteiger partial charge in [0.15, 0.2) is 11.6 Å². The zero-order valence-corrected chi connectivity index (χ0v) is 15.8. The third-order valence-corrected chi connectivity index (χ3v) is 4.42. The fourth-order valence-electron chi connectivity index (χ4n) is 3.17. The van der Waals surface area contributed by atoms with Crippen LogP contribution >= 0.6 is 0 Å². The highest BCUT2D eigenvalue weighted by Crippen LogP contribution is 2.29. The standard InChI is InChI=1S/C18H29FN4O2/c1-6-13-15(19)16(22-11-21-13)23-9-7-8-12(2)14(23)10-20-17(24)25-18(3,4)5/h11-12,14H,6-10H2,1-5H3,(H,20,24). The van der Waals surface area contributed by atoms with Crippen molar-refractivity contribution in [3.05, 3.63) is 17.8 Å². The Morgan fingerprint density at radius 2 is 2.16 bits per heavy atom. The second-order valence-electron chi connectivity index (χ2n) is 7.57. The number of piperidine rings is 1. The maximum atomic E-state index is 14.7. The van der Waals surface area contributed by atoms with Crippen LogP contribution in [-0.2, 0) is 11.2 Å². The highest BCUT2D eigenvalue weighted by atomic mass is 19.1. The number of anilines is 1. The van der Waals surface area contributed by atoms with E-state index in [2.05, 4.69) is 22.2 Å². The number of hydrogen-bond acceptors (Lipinski definition) is 5. The summed E-state index contributed by atoms with van der Waals surface area (Å²) in [6.45, 7) is 10.6. The molecular formula is C18H29FN4O2. The Hall–Kier alpha value is -1.92. The quantitative estimate of drug-likeness (QED) is 0.900. The van der Waals surface area contributed by atoms with Crippen LogP contribution in [-0.4, -0.2) is 40.8 Å². The number of halogens is 1. The van der Waals surface area contributed by atoms with E-state index in [-0.39, 0.29) is 11.9 Å². The summed E-state index contributed by atoms with van der Waals surface area (Å²) in [6, 6.07) is -0.0321. The Labute approximate surface area is 149 Å². The van der Waals surface area contributed by atoms with Crippen molar-refractivity contribution in [2.24, 2.45) is 5.92 Å². The zero-order valence-electron chi connectivity index (χ0n) is 15.8. The first-order chi connectivity index (χ1) is 11.7. The normalized spacial score (nSPS) is 21.1. The third-order valence-electron chi connectivity index (χ3n) is 4.42. The highest BCUT2D eigenvalue weighted by Gasteiger charge is 2.32. The molecule has 2 heterocycles. The number of rotatable bonds is 4. The van der Waals surface area contributed by atoms with Gasteiger partial charge in [0, 0.05) is 13.1 Å². The van der Waals surface area contributed by atoms with Crippen molar-refractivity contribution in [2.45, 2.75) is 65.5 Å². The molecule has 25 heavy (non-hydrogen) atoms. The Kier molecular flexibility index (Phi) is 6.19. The number of aromatic nitrogens is 2. The van der Waals surface area contributed by atoms with Crippen molar-refractivity contribution in [1.29, 1.82) is 0 Å². The van der Waals surface area contributed by atoms with E-state index in [0.717, 1.165) is 12.8 Å². The number of nitrogens with zero attached hydrogens (tertiary/aromatic N) is 3. The first-order valence-corrected chi connectivity index (χ1v) is 8.95. The summed E-state index contributed by atoms with van der Waals surface area (Å²) < 4.78 is 20.0. The molecule has 2 rings (SSSR count). The molecule has 1 aromatic rings. The van der Waals surface area contributed by atoms with Gasteiger partial charge in [-0.3, -0.25) is 0 Å². The number of carbonyl (C=O) groups is 1. The number of alkyl carbamates (subject to hydrolysis) is 1. The van der Waals surface area contributed by atoms with Crippen LogP contribution in [0, 0.1) is 11.7 Å². The fourth-order valence-corrected chi connectivity index (χ4v) is 3.17. The molecule has 1 aromatic heterocycles. The van der Waals surface area contributed by atoms with Crippen LogP contribution in [0.3, 0.4) is 0 Å². The molecule has 2 atom stereocenters. The van der Waals surface area contributed by atoms with Crippen molar-refractivity contribution >= 4 is 11.9 Å². The minimum Gasteiger partial charge on any atom is -0.444 e. The van der Waals surface area contributed by atoms with Gasteiger partial charge in [-0.05, 0) is 46.0 Å². The summed E-state index contributed by atoms with van der Waals surface area (Å²) in [5.74, 6) is 0.277. The van der Waals surface area contributed by atoms with E-state index in [1.54, 1.807) is 0 Å². The number of amides is 1. The summed E-state index contributed by atoms with van der Waals surface area (Å²) in [5.41, 5.74) is -0.126. The van der Waals surface area contributed by atoms with Crippen LogP contribution < -0.4 is 10.2 Å². The smallest absolute Gasteiger partial charge is 0.407 e. The molecule has 7 heteroatoms. The molecule has 0 radical (unpaired) electrons. The zero-order chi connectivity index (χ0) is 18.6. The SMILES string of the molecule is CCc1ncnc(N2CCCC(C)C2CNC(=O)OC(C)(C)C)c1F. The van der Waals surface area contributed by atoms with Gasteiger partial charge in [0.2, 0.25) is 0 Å². The number of nitrogens with one attached hydrogen (secondary N) is 1. The Bertz CT molecular complexity index is 603. The van der Waals surface area contributed by atoms with E-state index < -0.39 is 11.7 Å². The maximum absolute atomic E-state index is 14.7. The minimum absolute atomic E-state index is 0.0321. The van der Waals surface area contributed by atoms with Crippen LogP contribution in [0.2, 0.25) is 0 Å². The predicted octanol–water partition coefficient (Wildman–Crippen LogP) is 3.31. The molecule has 0 aromatic carbocycles. The highest BCUT2D eigenvalue weighted by molar-refractivity contribution is 5.67. The van der Waals surface area contributed by atoms with Gasteiger partial charge in [-0.15, -0.1) is 0 Å². The molecule has 1 aliphatic heterocycles. The fraction of sp³-hybridized carbons (Fsp3) is 0.722. The predicted molar refractivity (Wildman–Crippen MR) is 95.1 cm³/mol. The lowest BCUT2D eigenvalue weighted by Gasteiger charge is -2.41. The third kappa shape index (κ3) is 5.03. The van der Waals surface area contributed by atoms with E-state index in [0.29, 0.717) is 36.9 Å². The lowest BCUT2D eigenvalue weighted by Crippen LogP contribution is -2.52. The molecule has 1 aliphatic rings.